The summed E-state index contributed by atoms with van der Waals surface area (Å²) in [6.45, 7) is 0.559. The van der Waals surface area contributed by atoms with E-state index < -0.39 is 0 Å². The van der Waals surface area contributed by atoms with E-state index in [0.717, 1.165) is 30.4 Å². The van der Waals surface area contributed by atoms with E-state index in [0.29, 0.717) is 6.54 Å². The molecular formula is C19H23FN2OS. The lowest BCUT2D eigenvalue weighted by molar-refractivity contribution is -0.123. The van der Waals surface area contributed by atoms with Gasteiger partial charge in [-0.15, -0.1) is 0 Å². The Bertz CT molecular complexity index is 699. The van der Waals surface area contributed by atoms with Gasteiger partial charge in [0, 0.05) is 6.54 Å². The summed E-state index contributed by atoms with van der Waals surface area (Å²) in [7, 11) is 4.03. The van der Waals surface area contributed by atoms with Crippen LogP contribution < -0.4 is 5.32 Å². The Hall–Kier alpha value is -1.72. The molecule has 24 heavy (non-hydrogen) atoms. The van der Waals surface area contributed by atoms with Crippen molar-refractivity contribution in [2.45, 2.75) is 31.2 Å². The average Bonchev–Trinajstić information content (AvgIpc) is 3.08. The number of nitrogens with zero attached hydrogens (tertiary/aromatic N) is 1. The van der Waals surface area contributed by atoms with Crippen molar-refractivity contribution < 1.29 is 9.18 Å². The van der Waals surface area contributed by atoms with Crippen LogP contribution in [0.1, 0.15) is 41.5 Å². The van der Waals surface area contributed by atoms with Crippen LogP contribution in [-0.4, -0.2) is 31.4 Å². The second kappa shape index (κ2) is 7.45. The lowest BCUT2D eigenvalue weighted by Gasteiger charge is -2.28. The fourth-order valence-corrected chi connectivity index (χ4v) is 4.13. The highest BCUT2D eigenvalue weighted by Crippen LogP contribution is 2.32. The second-order valence-electron chi connectivity index (χ2n) is 6.57. The van der Waals surface area contributed by atoms with E-state index in [1.807, 2.05) is 25.5 Å². The molecule has 1 N–H and O–H groups in total. The molecule has 2 aromatic rings. The van der Waals surface area contributed by atoms with Gasteiger partial charge in [0.15, 0.2) is 0 Å². The number of hydrogen-bond acceptors (Lipinski definition) is 3. The molecule has 0 fully saturated rings. The maximum Gasteiger partial charge on any atom is 0.227 e. The number of likely N-dealkylation sites (N-methyl/N-ethyl adjacent to an activating group) is 1. The van der Waals surface area contributed by atoms with E-state index in [9.17, 15) is 9.18 Å². The highest BCUT2D eigenvalue weighted by Gasteiger charge is 2.27. The fourth-order valence-electron chi connectivity index (χ4n) is 3.43. The summed E-state index contributed by atoms with van der Waals surface area (Å²) >= 11 is 1.66. The van der Waals surface area contributed by atoms with E-state index >= 15 is 0 Å². The molecule has 1 heterocycles. The first kappa shape index (κ1) is 17.1. The van der Waals surface area contributed by atoms with Crippen molar-refractivity contribution >= 4 is 17.2 Å². The quantitative estimate of drug-likeness (QED) is 0.895. The van der Waals surface area contributed by atoms with E-state index in [2.05, 4.69) is 21.7 Å². The van der Waals surface area contributed by atoms with Crippen LogP contribution in [0.2, 0.25) is 0 Å². The summed E-state index contributed by atoms with van der Waals surface area (Å²) < 4.78 is 13.6. The minimum absolute atomic E-state index is 0.00336. The molecule has 0 saturated heterocycles. The van der Waals surface area contributed by atoms with E-state index in [1.54, 1.807) is 11.3 Å². The Kier molecular flexibility index (Phi) is 5.31. The molecule has 128 valence electrons. The minimum atomic E-state index is -0.266. The third-order valence-corrected chi connectivity index (χ3v) is 5.46. The monoisotopic (exact) mass is 346 g/mol. The van der Waals surface area contributed by atoms with Gasteiger partial charge in [-0.1, -0.05) is 6.07 Å². The Labute approximate surface area is 146 Å². The zero-order chi connectivity index (χ0) is 17.1. The minimum Gasteiger partial charge on any atom is -0.354 e. The van der Waals surface area contributed by atoms with Crippen LogP contribution in [0.3, 0.4) is 0 Å². The fraction of sp³-hybridized carbons (Fsp3) is 0.421. The zero-order valence-electron chi connectivity index (χ0n) is 14.1. The molecule has 0 spiro atoms. The highest BCUT2D eigenvalue weighted by molar-refractivity contribution is 7.07. The standard InChI is InChI=1S/C19H23FN2OS/c1-22(2)18(14-8-9-24-12-14)11-21-19(23)16-5-3-4-13-6-7-15(20)10-17(13)16/h6-10,12,16,18H,3-5,11H2,1-2H3,(H,21,23). The highest BCUT2D eigenvalue weighted by atomic mass is 32.1. The first-order valence-corrected chi connectivity index (χ1v) is 9.25. The number of nitrogens with one attached hydrogen (secondary N) is 1. The van der Waals surface area contributed by atoms with Crippen molar-refractivity contribution in [3.05, 3.63) is 57.5 Å². The molecule has 3 nitrogen and oxygen atoms in total. The molecule has 0 bridgehead atoms. The third kappa shape index (κ3) is 3.68. The van der Waals surface area contributed by atoms with Crippen molar-refractivity contribution in [2.75, 3.05) is 20.6 Å². The van der Waals surface area contributed by atoms with Gasteiger partial charge in [0.05, 0.1) is 12.0 Å². The molecule has 2 unspecified atom stereocenters. The molecule has 0 aliphatic heterocycles. The number of carbonyl (C=O) groups excluding carboxylic acids is 1. The topological polar surface area (TPSA) is 32.3 Å². The number of hydrogen-bond donors (Lipinski definition) is 1. The van der Waals surface area contributed by atoms with Crippen molar-refractivity contribution in [1.82, 2.24) is 10.2 Å². The zero-order valence-corrected chi connectivity index (χ0v) is 14.9. The molecule has 0 saturated carbocycles. The van der Waals surface area contributed by atoms with Gasteiger partial charge in [-0.25, -0.2) is 4.39 Å². The van der Waals surface area contributed by atoms with Gasteiger partial charge in [-0.3, -0.25) is 4.79 Å². The summed E-state index contributed by atoms with van der Waals surface area (Å²) in [5, 5.41) is 7.25. The molecule has 5 heteroatoms. The Morgan fingerprint density at radius 3 is 2.96 bits per heavy atom. The largest absolute Gasteiger partial charge is 0.354 e. The van der Waals surface area contributed by atoms with Crippen molar-refractivity contribution in [1.29, 1.82) is 0 Å². The predicted octanol–water partition coefficient (Wildman–Crippen LogP) is 3.73. The number of amides is 1. The van der Waals surface area contributed by atoms with Crippen LogP contribution in [0.4, 0.5) is 4.39 Å². The predicted molar refractivity (Wildman–Crippen MR) is 95.8 cm³/mol. The van der Waals surface area contributed by atoms with Gasteiger partial charge >= 0.3 is 0 Å². The third-order valence-electron chi connectivity index (χ3n) is 4.76. The summed E-state index contributed by atoms with van der Waals surface area (Å²) in [5.74, 6) is -0.503. The van der Waals surface area contributed by atoms with Crippen LogP contribution in [0.5, 0.6) is 0 Å². The van der Waals surface area contributed by atoms with Gasteiger partial charge in [-0.2, -0.15) is 11.3 Å². The Morgan fingerprint density at radius 1 is 1.42 bits per heavy atom. The average molecular weight is 346 g/mol. The SMILES string of the molecule is CN(C)C(CNC(=O)C1CCCc2ccc(F)cc21)c1ccsc1. The summed E-state index contributed by atoms with van der Waals surface area (Å²) in [6.07, 6.45) is 2.68. The van der Waals surface area contributed by atoms with E-state index in [-0.39, 0.29) is 23.7 Å². The smallest absolute Gasteiger partial charge is 0.227 e. The number of carbonyl (C=O) groups is 1. The Balaban J connectivity index is 1.71. The molecular weight excluding hydrogens is 323 g/mol. The van der Waals surface area contributed by atoms with E-state index in [4.69, 9.17) is 0 Å². The van der Waals surface area contributed by atoms with Crippen LogP contribution >= 0.6 is 11.3 Å². The number of rotatable bonds is 5. The van der Waals surface area contributed by atoms with E-state index in [1.165, 1.54) is 17.7 Å². The lowest BCUT2D eigenvalue weighted by atomic mass is 9.82. The normalized spacial score (nSPS) is 18.2. The first-order chi connectivity index (χ1) is 11.6. The van der Waals surface area contributed by atoms with Crippen molar-refractivity contribution in [3.8, 4) is 0 Å². The number of benzene rings is 1. The summed E-state index contributed by atoms with van der Waals surface area (Å²) in [6, 6.07) is 7.07. The molecule has 1 amide bonds. The molecule has 1 aromatic heterocycles. The molecule has 1 aliphatic carbocycles. The van der Waals surface area contributed by atoms with Crippen LogP contribution in [0, 0.1) is 5.82 Å². The Morgan fingerprint density at radius 2 is 2.25 bits per heavy atom. The van der Waals surface area contributed by atoms with Gasteiger partial charge in [0.2, 0.25) is 5.91 Å². The summed E-state index contributed by atoms with van der Waals surface area (Å²) in [5.41, 5.74) is 3.17. The molecule has 1 aromatic carbocycles. The number of fused-ring (bicyclic) bond motifs is 1. The lowest BCUT2D eigenvalue weighted by Crippen LogP contribution is -2.37. The molecule has 2 atom stereocenters. The first-order valence-electron chi connectivity index (χ1n) is 8.31. The van der Waals surface area contributed by atoms with Crippen molar-refractivity contribution in [2.24, 2.45) is 0 Å². The number of halogens is 1. The van der Waals surface area contributed by atoms with Crippen molar-refractivity contribution in [3.63, 3.8) is 0 Å². The summed E-state index contributed by atoms with van der Waals surface area (Å²) in [4.78, 5) is 14.8. The maximum absolute atomic E-state index is 13.6. The number of thiophene rings is 1. The maximum atomic E-state index is 13.6. The van der Waals surface area contributed by atoms with Gasteiger partial charge < -0.3 is 10.2 Å². The number of aryl methyl sites for hydroxylation is 1. The molecule has 1 aliphatic rings. The second-order valence-corrected chi connectivity index (χ2v) is 7.35. The molecule has 0 radical (unpaired) electrons. The van der Waals surface area contributed by atoms with Crippen LogP contribution in [-0.2, 0) is 11.2 Å². The van der Waals surface area contributed by atoms with Gasteiger partial charge in [-0.05, 0) is 79.0 Å². The molecule has 3 rings (SSSR count). The van der Waals surface area contributed by atoms with Gasteiger partial charge in [0.25, 0.3) is 0 Å². The van der Waals surface area contributed by atoms with Gasteiger partial charge in [0.1, 0.15) is 5.82 Å². The van der Waals surface area contributed by atoms with Crippen LogP contribution in [0.25, 0.3) is 0 Å². The van der Waals surface area contributed by atoms with Crippen LogP contribution in [0.15, 0.2) is 35.0 Å².